The topological polar surface area (TPSA) is 49.8 Å². The van der Waals surface area contributed by atoms with Gasteiger partial charge in [-0.3, -0.25) is 4.79 Å². The van der Waals surface area contributed by atoms with Crippen molar-refractivity contribution in [2.45, 2.75) is 30.1 Å². The number of nitrogens with zero attached hydrogens (tertiary/aromatic N) is 1. The van der Waals surface area contributed by atoms with E-state index in [2.05, 4.69) is 0 Å². The highest BCUT2D eigenvalue weighted by Gasteiger charge is 2.51. The number of hydrogen-bond acceptors (Lipinski definition) is 4. The summed E-state index contributed by atoms with van der Waals surface area (Å²) in [6.07, 6.45) is 4.09. The molecule has 2 aliphatic heterocycles. The van der Waals surface area contributed by atoms with Crippen LogP contribution < -0.4 is 0 Å². The van der Waals surface area contributed by atoms with Crippen molar-refractivity contribution in [1.82, 2.24) is 4.90 Å². The number of likely N-dealkylation sites (tertiary alicyclic amines) is 1. The fourth-order valence-corrected chi connectivity index (χ4v) is 4.85. The van der Waals surface area contributed by atoms with Gasteiger partial charge in [0.1, 0.15) is 5.75 Å². The van der Waals surface area contributed by atoms with Crippen LogP contribution in [0.4, 0.5) is 0 Å². The molecule has 0 aromatic heterocycles. The summed E-state index contributed by atoms with van der Waals surface area (Å²) < 4.78 is 6.21. The van der Waals surface area contributed by atoms with E-state index >= 15 is 0 Å². The summed E-state index contributed by atoms with van der Waals surface area (Å²) in [6.45, 7) is 2.53. The maximum atomic E-state index is 12.4. The minimum atomic E-state index is 0.0180. The zero-order valence-corrected chi connectivity index (χ0v) is 13.3. The van der Waals surface area contributed by atoms with Crippen LogP contribution in [-0.4, -0.2) is 52.2 Å². The van der Waals surface area contributed by atoms with E-state index in [0.717, 1.165) is 37.8 Å². The van der Waals surface area contributed by atoms with Crippen LogP contribution in [0.1, 0.15) is 29.6 Å². The van der Waals surface area contributed by atoms with Gasteiger partial charge in [-0.1, -0.05) is 6.07 Å². The molecule has 1 aliphatic carbocycles. The highest BCUT2D eigenvalue weighted by atomic mass is 32.2. The number of aromatic hydroxyl groups is 1. The van der Waals surface area contributed by atoms with Crippen molar-refractivity contribution >= 4 is 17.7 Å². The lowest BCUT2D eigenvalue weighted by molar-refractivity contribution is 0.0287. The minimum Gasteiger partial charge on any atom is -0.508 e. The molecular formula is C17H21NO3S. The lowest BCUT2D eigenvalue weighted by Gasteiger charge is -2.47. The third kappa shape index (κ3) is 2.84. The van der Waals surface area contributed by atoms with Gasteiger partial charge in [0, 0.05) is 31.0 Å². The molecule has 0 radical (unpaired) electrons. The van der Waals surface area contributed by atoms with Gasteiger partial charge in [0.2, 0.25) is 0 Å². The van der Waals surface area contributed by atoms with Crippen molar-refractivity contribution in [3.8, 4) is 5.75 Å². The van der Waals surface area contributed by atoms with Gasteiger partial charge in [-0.05, 0) is 43.4 Å². The van der Waals surface area contributed by atoms with Gasteiger partial charge in [-0.25, -0.2) is 0 Å². The lowest BCUT2D eigenvalue weighted by Crippen LogP contribution is -2.60. The number of ether oxygens (including phenoxy) is 1. The molecule has 4 nitrogen and oxygen atoms in total. The summed E-state index contributed by atoms with van der Waals surface area (Å²) in [5, 5.41) is 9.49. The Morgan fingerprint density at radius 3 is 2.95 bits per heavy atom. The van der Waals surface area contributed by atoms with Gasteiger partial charge in [-0.15, -0.1) is 11.8 Å². The minimum absolute atomic E-state index is 0.0180. The first-order chi connectivity index (χ1) is 10.6. The molecule has 1 saturated carbocycles. The van der Waals surface area contributed by atoms with Gasteiger partial charge < -0.3 is 14.7 Å². The van der Waals surface area contributed by atoms with Crippen molar-refractivity contribution in [2.75, 3.05) is 25.4 Å². The summed E-state index contributed by atoms with van der Waals surface area (Å²) in [5.74, 6) is 2.03. The smallest absolute Gasteiger partial charge is 0.254 e. The number of benzene rings is 1. The Kier molecular flexibility index (Phi) is 3.57. The maximum absolute atomic E-state index is 12.4. The summed E-state index contributed by atoms with van der Waals surface area (Å²) >= 11 is 1.96. The normalized spacial score (nSPS) is 26.2. The van der Waals surface area contributed by atoms with Gasteiger partial charge in [0.15, 0.2) is 0 Å². The van der Waals surface area contributed by atoms with Crippen LogP contribution in [0.25, 0.3) is 0 Å². The molecule has 1 atom stereocenters. The third-order valence-corrected chi connectivity index (χ3v) is 6.35. The van der Waals surface area contributed by atoms with Crippen molar-refractivity contribution in [3.63, 3.8) is 0 Å². The Labute approximate surface area is 134 Å². The molecular weight excluding hydrogens is 298 g/mol. The van der Waals surface area contributed by atoms with Gasteiger partial charge >= 0.3 is 0 Å². The molecule has 5 heteroatoms. The average Bonchev–Trinajstić information content (AvgIpc) is 3.21. The third-order valence-electron chi connectivity index (χ3n) is 4.78. The molecule has 1 aromatic rings. The van der Waals surface area contributed by atoms with E-state index < -0.39 is 0 Å². The van der Waals surface area contributed by atoms with Crippen LogP contribution in [0.3, 0.4) is 0 Å². The first-order valence-electron chi connectivity index (χ1n) is 7.97. The number of phenolic OH excluding ortho intramolecular Hbond substituents is 1. The second kappa shape index (κ2) is 5.46. The zero-order valence-electron chi connectivity index (χ0n) is 12.5. The molecule has 0 unspecified atom stereocenters. The van der Waals surface area contributed by atoms with Gasteiger partial charge in [0.25, 0.3) is 5.91 Å². The Bertz CT molecular complexity index is 581. The Morgan fingerprint density at radius 2 is 2.23 bits per heavy atom. The standard InChI is InChI=1S/C17H21NO3S/c19-14-3-1-2-13(6-14)16(20)18-10-17(11-18)7-15(9-22-17)21-8-12-4-5-12/h1-3,6,12,15,19H,4-5,7-11H2/t15-/m1/s1. The van der Waals surface area contributed by atoms with E-state index in [1.807, 2.05) is 16.7 Å². The van der Waals surface area contributed by atoms with E-state index in [4.69, 9.17) is 4.74 Å². The fraction of sp³-hybridized carbons (Fsp3) is 0.588. The number of thioether (sulfide) groups is 1. The molecule has 3 fully saturated rings. The monoisotopic (exact) mass is 319 g/mol. The van der Waals surface area contributed by atoms with Crippen molar-refractivity contribution in [3.05, 3.63) is 29.8 Å². The van der Waals surface area contributed by atoms with Crippen LogP contribution in [0.15, 0.2) is 24.3 Å². The highest BCUT2D eigenvalue weighted by Crippen LogP contribution is 2.46. The van der Waals surface area contributed by atoms with Crippen molar-refractivity contribution in [1.29, 1.82) is 0 Å². The Balaban J connectivity index is 1.30. The molecule has 22 heavy (non-hydrogen) atoms. The number of rotatable bonds is 4. The quantitative estimate of drug-likeness (QED) is 0.926. The molecule has 3 aliphatic rings. The molecule has 4 rings (SSSR count). The highest BCUT2D eigenvalue weighted by molar-refractivity contribution is 8.01. The second-order valence-electron chi connectivity index (χ2n) is 6.81. The molecule has 118 valence electrons. The first-order valence-corrected chi connectivity index (χ1v) is 8.96. The van der Waals surface area contributed by atoms with E-state index in [0.29, 0.717) is 11.7 Å². The number of phenols is 1. The Morgan fingerprint density at radius 1 is 1.41 bits per heavy atom. The van der Waals surface area contributed by atoms with Crippen LogP contribution in [-0.2, 0) is 4.74 Å². The van der Waals surface area contributed by atoms with Crippen LogP contribution >= 0.6 is 11.8 Å². The van der Waals surface area contributed by atoms with Crippen LogP contribution in [0, 0.1) is 5.92 Å². The largest absolute Gasteiger partial charge is 0.508 e. The maximum Gasteiger partial charge on any atom is 0.254 e. The second-order valence-corrected chi connectivity index (χ2v) is 8.30. The summed E-state index contributed by atoms with van der Waals surface area (Å²) in [4.78, 5) is 14.3. The fourth-order valence-electron chi connectivity index (χ4n) is 3.30. The first kappa shape index (κ1) is 14.4. The van der Waals surface area contributed by atoms with E-state index in [1.54, 1.807) is 18.2 Å². The zero-order chi connectivity index (χ0) is 15.2. The molecule has 2 heterocycles. The van der Waals surface area contributed by atoms with Gasteiger partial charge in [-0.2, -0.15) is 0 Å². The van der Waals surface area contributed by atoms with Crippen molar-refractivity contribution < 1.29 is 14.6 Å². The lowest BCUT2D eigenvalue weighted by atomic mass is 9.92. The molecule has 2 saturated heterocycles. The summed E-state index contributed by atoms with van der Waals surface area (Å²) in [5.41, 5.74) is 0.569. The molecule has 1 N–H and O–H groups in total. The number of carbonyl (C=O) groups is 1. The average molecular weight is 319 g/mol. The van der Waals surface area contributed by atoms with Crippen LogP contribution in [0.2, 0.25) is 0 Å². The number of hydrogen-bond donors (Lipinski definition) is 1. The predicted molar refractivity (Wildman–Crippen MR) is 86.3 cm³/mol. The number of amides is 1. The summed E-state index contributed by atoms with van der Waals surface area (Å²) in [7, 11) is 0. The van der Waals surface area contributed by atoms with E-state index in [-0.39, 0.29) is 16.4 Å². The SMILES string of the molecule is O=C(c1cccc(O)c1)N1CC2(C[C@@H](OCC3CC3)CS2)C1. The van der Waals surface area contributed by atoms with Crippen molar-refractivity contribution in [2.24, 2.45) is 5.92 Å². The van der Waals surface area contributed by atoms with E-state index in [1.165, 1.54) is 18.9 Å². The summed E-state index contributed by atoms with van der Waals surface area (Å²) in [6, 6.07) is 6.60. The molecule has 0 bridgehead atoms. The predicted octanol–water partition coefficient (Wildman–Crippen LogP) is 2.52. The number of carbonyl (C=O) groups excluding carboxylic acids is 1. The molecule has 1 amide bonds. The van der Waals surface area contributed by atoms with Crippen LogP contribution in [0.5, 0.6) is 5.75 Å². The van der Waals surface area contributed by atoms with Gasteiger partial charge in [0.05, 0.1) is 10.9 Å². The van der Waals surface area contributed by atoms with E-state index in [9.17, 15) is 9.90 Å². The Hall–Kier alpha value is -1.20. The molecule has 1 aromatic carbocycles. The molecule has 1 spiro atoms.